The highest BCUT2D eigenvalue weighted by molar-refractivity contribution is 9.10. The molecule has 0 bridgehead atoms. The Morgan fingerprint density at radius 2 is 2.05 bits per heavy atom. The second-order valence-corrected chi connectivity index (χ2v) is 4.76. The van der Waals surface area contributed by atoms with Gasteiger partial charge < -0.3 is 0 Å². The first-order chi connectivity index (χ1) is 9.29. The Hall–Kier alpha value is -1.70. The van der Waals surface area contributed by atoms with Crippen LogP contribution >= 0.6 is 15.9 Å². The van der Waals surface area contributed by atoms with Crippen LogP contribution in [0.3, 0.4) is 0 Å². The van der Waals surface area contributed by atoms with Gasteiger partial charge >= 0.3 is 6.18 Å². The van der Waals surface area contributed by atoms with Crippen LogP contribution in [0.1, 0.15) is 15.9 Å². The van der Waals surface area contributed by atoms with E-state index in [1.165, 1.54) is 12.1 Å². The zero-order valence-corrected chi connectivity index (χ0v) is 11.4. The van der Waals surface area contributed by atoms with Crippen molar-refractivity contribution in [2.24, 2.45) is 0 Å². The van der Waals surface area contributed by atoms with E-state index in [0.29, 0.717) is 5.56 Å². The number of carbonyl (C=O) groups is 1. The predicted molar refractivity (Wildman–Crippen MR) is 65.8 cm³/mol. The highest BCUT2D eigenvalue weighted by Crippen LogP contribution is 2.23. The molecule has 0 N–H and O–H groups in total. The van der Waals surface area contributed by atoms with Crippen LogP contribution in [-0.2, 0) is 6.54 Å². The van der Waals surface area contributed by atoms with Gasteiger partial charge in [0.1, 0.15) is 5.82 Å². The van der Waals surface area contributed by atoms with Crippen molar-refractivity contribution < 1.29 is 22.4 Å². The standard InChI is InChI=1S/C12H7BrF4N2O/c13-10-7(2-1-3-9(10)14)5-19-6-8(4-18-19)11(20)12(15,16)17/h1-4,6H,5H2. The second-order valence-electron chi connectivity index (χ2n) is 3.97. The van der Waals surface area contributed by atoms with E-state index in [0.717, 1.165) is 17.1 Å². The number of Topliss-reactive ketones (excluding diaryl/α,β-unsaturated/α-hetero) is 1. The fourth-order valence-electron chi connectivity index (χ4n) is 1.58. The molecule has 20 heavy (non-hydrogen) atoms. The third-order valence-corrected chi connectivity index (χ3v) is 3.40. The monoisotopic (exact) mass is 350 g/mol. The molecule has 1 heterocycles. The molecule has 0 unspecified atom stereocenters. The van der Waals surface area contributed by atoms with Crippen molar-refractivity contribution in [1.82, 2.24) is 9.78 Å². The van der Waals surface area contributed by atoms with Crippen LogP contribution in [0.2, 0.25) is 0 Å². The Morgan fingerprint density at radius 1 is 1.35 bits per heavy atom. The molecule has 0 aliphatic heterocycles. The number of aromatic nitrogens is 2. The minimum absolute atomic E-state index is 0.0451. The smallest absolute Gasteiger partial charge is 0.284 e. The number of hydrogen-bond acceptors (Lipinski definition) is 2. The van der Waals surface area contributed by atoms with Gasteiger partial charge in [-0.05, 0) is 27.6 Å². The van der Waals surface area contributed by atoms with Gasteiger partial charge in [-0.3, -0.25) is 9.48 Å². The predicted octanol–water partition coefficient (Wildman–Crippen LogP) is 3.58. The van der Waals surface area contributed by atoms with Gasteiger partial charge in [-0.25, -0.2) is 4.39 Å². The number of rotatable bonds is 3. The molecule has 3 nitrogen and oxygen atoms in total. The van der Waals surface area contributed by atoms with Gasteiger partial charge in [-0.1, -0.05) is 12.1 Å². The lowest BCUT2D eigenvalue weighted by Gasteiger charge is -2.05. The van der Waals surface area contributed by atoms with Gasteiger partial charge in [0.15, 0.2) is 0 Å². The zero-order chi connectivity index (χ0) is 14.9. The molecule has 0 aliphatic rings. The quantitative estimate of drug-likeness (QED) is 0.626. The minimum atomic E-state index is -4.94. The van der Waals surface area contributed by atoms with E-state index in [1.54, 1.807) is 6.07 Å². The van der Waals surface area contributed by atoms with Crippen molar-refractivity contribution in [3.63, 3.8) is 0 Å². The lowest BCUT2D eigenvalue weighted by atomic mass is 10.2. The second kappa shape index (κ2) is 5.35. The number of alkyl halides is 3. The largest absolute Gasteiger partial charge is 0.454 e. The maximum Gasteiger partial charge on any atom is 0.454 e. The van der Waals surface area contributed by atoms with Crippen LogP contribution in [-0.4, -0.2) is 21.7 Å². The first-order valence-corrected chi connectivity index (χ1v) is 6.15. The molecule has 1 aromatic carbocycles. The summed E-state index contributed by atoms with van der Waals surface area (Å²) in [6.07, 6.45) is -3.12. The van der Waals surface area contributed by atoms with Crippen molar-refractivity contribution in [1.29, 1.82) is 0 Å². The van der Waals surface area contributed by atoms with Crippen molar-refractivity contribution in [2.45, 2.75) is 12.7 Å². The van der Waals surface area contributed by atoms with Gasteiger partial charge in [0.2, 0.25) is 0 Å². The maximum atomic E-state index is 13.3. The number of benzene rings is 1. The molecule has 0 spiro atoms. The fourth-order valence-corrected chi connectivity index (χ4v) is 1.97. The van der Waals surface area contributed by atoms with Crippen LogP contribution in [0.25, 0.3) is 0 Å². The summed E-state index contributed by atoms with van der Waals surface area (Å²) < 4.78 is 51.4. The molecular weight excluding hydrogens is 344 g/mol. The van der Waals surface area contributed by atoms with E-state index < -0.39 is 23.3 Å². The maximum absolute atomic E-state index is 13.3. The Morgan fingerprint density at radius 3 is 2.70 bits per heavy atom. The van der Waals surface area contributed by atoms with Gasteiger partial charge in [-0.2, -0.15) is 18.3 Å². The van der Waals surface area contributed by atoms with Crippen molar-refractivity contribution in [3.8, 4) is 0 Å². The average molecular weight is 351 g/mol. The molecule has 106 valence electrons. The average Bonchev–Trinajstić information content (AvgIpc) is 2.81. The summed E-state index contributed by atoms with van der Waals surface area (Å²) in [4.78, 5) is 11.0. The number of ketones is 1. The van der Waals surface area contributed by atoms with Crippen LogP contribution in [0.5, 0.6) is 0 Å². The lowest BCUT2D eigenvalue weighted by molar-refractivity contribution is -0.0885. The van der Waals surface area contributed by atoms with E-state index in [1.807, 2.05) is 0 Å². The first-order valence-electron chi connectivity index (χ1n) is 5.36. The topological polar surface area (TPSA) is 34.9 Å². The molecule has 1 aromatic heterocycles. The number of halogens is 5. The minimum Gasteiger partial charge on any atom is -0.284 e. The molecule has 0 saturated heterocycles. The van der Waals surface area contributed by atoms with Gasteiger partial charge in [0, 0.05) is 6.20 Å². The molecular formula is C12H7BrF4N2O. The van der Waals surface area contributed by atoms with Gasteiger partial charge in [0.05, 0.1) is 22.8 Å². The van der Waals surface area contributed by atoms with E-state index in [9.17, 15) is 22.4 Å². The van der Waals surface area contributed by atoms with E-state index in [4.69, 9.17) is 0 Å². The number of hydrogen-bond donors (Lipinski definition) is 0. The summed E-state index contributed by atoms with van der Waals surface area (Å²) in [6, 6.07) is 4.32. The summed E-state index contributed by atoms with van der Waals surface area (Å²) in [5.41, 5.74) is -0.0517. The highest BCUT2D eigenvalue weighted by atomic mass is 79.9. The molecule has 0 fully saturated rings. The lowest BCUT2D eigenvalue weighted by Crippen LogP contribution is -2.22. The Balaban J connectivity index is 2.22. The number of nitrogens with zero attached hydrogens (tertiary/aromatic N) is 2. The normalized spacial score (nSPS) is 11.7. The van der Waals surface area contributed by atoms with Crippen LogP contribution in [0, 0.1) is 5.82 Å². The highest BCUT2D eigenvalue weighted by Gasteiger charge is 2.39. The summed E-state index contributed by atoms with van der Waals surface area (Å²) in [5, 5.41) is 3.67. The van der Waals surface area contributed by atoms with E-state index in [2.05, 4.69) is 21.0 Å². The molecule has 8 heteroatoms. The molecule has 0 saturated carbocycles. The molecule has 0 aliphatic carbocycles. The van der Waals surface area contributed by atoms with Crippen LogP contribution < -0.4 is 0 Å². The molecule has 0 atom stereocenters. The van der Waals surface area contributed by atoms with Crippen molar-refractivity contribution in [2.75, 3.05) is 0 Å². The number of carbonyl (C=O) groups excluding carboxylic acids is 1. The Labute approximate surface area is 119 Å². The van der Waals surface area contributed by atoms with Crippen LogP contribution in [0.15, 0.2) is 35.1 Å². The van der Waals surface area contributed by atoms with Crippen molar-refractivity contribution in [3.05, 3.63) is 52.0 Å². The first kappa shape index (κ1) is 14.7. The van der Waals surface area contributed by atoms with Gasteiger partial charge in [-0.15, -0.1) is 0 Å². The summed E-state index contributed by atoms with van der Waals surface area (Å²) in [6.45, 7) is 0.0451. The molecule has 0 amide bonds. The Bertz CT molecular complexity index is 651. The summed E-state index contributed by atoms with van der Waals surface area (Å²) >= 11 is 3.04. The Kier molecular flexibility index (Phi) is 3.94. The summed E-state index contributed by atoms with van der Waals surface area (Å²) in [5.74, 6) is -2.44. The molecule has 2 rings (SSSR count). The summed E-state index contributed by atoms with van der Waals surface area (Å²) in [7, 11) is 0. The van der Waals surface area contributed by atoms with Gasteiger partial charge in [0.25, 0.3) is 5.78 Å². The van der Waals surface area contributed by atoms with Crippen LogP contribution in [0.4, 0.5) is 17.6 Å². The SMILES string of the molecule is O=C(c1cnn(Cc2cccc(F)c2Br)c1)C(F)(F)F. The van der Waals surface area contributed by atoms with E-state index in [-0.39, 0.29) is 11.0 Å². The van der Waals surface area contributed by atoms with Crippen molar-refractivity contribution >= 4 is 21.7 Å². The molecule has 2 aromatic rings. The third-order valence-electron chi connectivity index (χ3n) is 2.52. The zero-order valence-electron chi connectivity index (χ0n) is 9.79. The molecule has 0 radical (unpaired) electrons. The van der Waals surface area contributed by atoms with E-state index >= 15 is 0 Å². The fraction of sp³-hybridized carbons (Fsp3) is 0.167. The third kappa shape index (κ3) is 3.06.